The summed E-state index contributed by atoms with van der Waals surface area (Å²) in [4.78, 5) is 0.394. The van der Waals surface area contributed by atoms with E-state index in [9.17, 15) is 8.42 Å². The van der Waals surface area contributed by atoms with Crippen LogP contribution in [0, 0.1) is 0 Å². The van der Waals surface area contributed by atoms with E-state index >= 15 is 0 Å². The van der Waals surface area contributed by atoms with E-state index < -0.39 is 9.84 Å². The van der Waals surface area contributed by atoms with Gasteiger partial charge in [-0.1, -0.05) is 6.92 Å². The highest BCUT2D eigenvalue weighted by molar-refractivity contribution is 7.91. The first-order valence-electron chi connectivity index (χ1n) is 7.10. The van der Waals surface area contributed by atoms with Crippen LogP contribution in [0.5, 0.6) is 0 Å². The lowest BCUT2D eigenvalue weighted by Crippen LogP contribution is -2.41. The molecule has 1 fully saturated rings. The minimum atomic E-state index is -3.13. The van der Waals surface area contributed by atoms with Gasteiger partial charge in [0.15, 0.2) is 9.84 Å². The molecule has 1 aromatic carbocycles. The Hall–Kier alpha value is -1.07. The normalized spacial score (nSPS) is 26.6. The number of rotatable bonds is 5. The Bertz CT molecular complexity index is 553. The molecule has 1 N–H and O–H groups in total. The Morgan fingerprint density at radius 1 is 1.35 bits per heavy atom. The van der Waals surface area contributed by atoms with E-state index in [-0.39, 0.29) is 17.4 Å². The molecule has 2 rings (SSSR count). The minimum absolute atomic E-state index is 0.0934. The second-order valence-electron chi connectivity index (χ2n) is 5.65. The van der Waals surface area contributed by atoms with Gasteiger partial charge in [-0.05, 0) is 51.0 Å². The molecule has 1 heterocycles. The number of hydrogen-bond donors (Lipinski definition) is 1. The van der Waals surface area contributed by atoms with Crippen molar-refractivity contribution in [3.05, 3.63) is 24.3 Å². The maximum absolute atomic E-state index is 12.0. The summed E-state index contributed by atoms with van der Waals surface area (Å²) >= 11 is 0. The van der Waals surface area contributed by atoms with E-state index in [2.05, 4.69) is 19.2 Å². The van der Waals surface area contributed by atoms with Gasteiger partial charge in [0.25, 0.3) is 0 Å². The summed E-state index contributed by atoms with van der Waals surface area (Å²) in [6.07, 6.45) is 1.73. The van der Waals surface area contributed by atoms with Crippen molar-refractivity contribution >= 4 is 15.5 Å². The van der Waals surface area contributed by atoms with Crippen molar-refractivity contribution < 1.29 is 13.2 Å². The van der Waals surface area contributed by atoms with E-state index in [1.54, 1.807) is 12.1 Å². The molecule has 112 valence electrons. The number of hydrogen-bond acceptors (Lipinski definition) is 4. The summed E-state index contributed by atoms with van der Waals surface area (Å²) in [5.74, 6) is 0.197. The topological polar surface area (TPSA) is 55.4 Å². The summed E-state index contributed by atoms with van der Waals surface area (Å²) in [5, 5.41) is 3.46. The standard InChI is InChI=1S/C15H23NO3S/c1-4-11-20(17,18)14-7-5-13(6-8-14)16-15(3)9-10-19-12(15)2/h5-8,12,16H,4,9-11H2,1-3H3. The monoisotopic (exact) mass is 297 g/mol. The van der Waals surface area contributed by atoms with Gasteiger partial charge in [0.05, 0.1) is 22.3 Å². The van der Waals surface area contributed by atoms with Crippen molar-refractivity contribution in [3.8, 4) is 0 Å². The van der Waals surface area contributed by atoms with Gasteiger partial charge in [0.1, 0.15) is 0 Å². The Morgan fingerprint density at radius 2 is 2.00 bits per heavy atom. The number of anilines is 1. The first-order chi connectivity index (χ1) is 9.37. The van der Waals surface area contributed by atoms with Crippen molar-refractivity contribution in [1.29, 1.82) is 0 Å². The van der Waals surface area contributed by atoms with Gasteiger partial charge in [-0.15, -0.1) is 0 Å². The SMILES string of the molecule is CCCS(=O)(=O)c1ccc(NC2(C)CCOC2C)cc1. The predicted octanol–water partition coefficient (Wildman–Crippen LogP) is 2.85. The zero-order chi connectivity index (χ0) is 14.8. The van der Waals surface area contributed by atoms with Gasteiger partial charge >= 0.3 is 0 Å². The molecular weight excluding hydrogens is 274 g/mol. The van der Waals surface area contributed by atoms with Crippen LogP contribution >= 0.6 is 0 Å². The molecule has 0 bridgehead atoms. The summed E-state index contributed by atoms with van der Waals surface area (Å²) in [6.45, 7) is 6.82. The van der Waals surface area contributed by atoms with E-state index in [1.165, 1.54) is 0 Å². The van der Waals surface area contributed by atoms with Crippen molar-refractivity contribution in [2.75, 3.05) is 17.7 Å². The molecule has 1 aliphatic heterocycles. The number of sulfone groups is 1. The van der Waals surface area contributed by atoms with Crippen molar-refractivity contribution in [2.24, 2.45) is 0 Å². The van der Waals surface area contributed by atoms with Gasteiger partial charge in [-0.2, -0.15) is 0 Å². The molecule has 1 saturated heterocycles. The Labute approximate surface area is 121 Å². The zero-order valence-electron chi connectivity index (χ0n) is 12.3. The molecule has 5 heteroatoms. The lowest BCUT2D eigenvalue weighted by atomic mass is 9.94. The van der Waals surface area contributed by atoms with Gasteiger partial charge in [0, 0.05) is 12.3 Å². The van der Waals surface area contributed by atoms with E-state index in [0.717, 1.165) is 18.7 Å². The van der Waals surface area contributed by atoms with Gasteiger partial charge in [-0.25, -0.2) is 8.42 Å². The second-order valence-corrected chi connectivity index (χ2v) is 7.76. The van der Waals surface area contributed by atoms with Gasteiger partial charge in [0.2, 0.25) is 0 Å². The molecule has 20 heavy (non-hydrogen) atoms. The minimum Gasteiger partial charge on any atom is -0.377 e. The van der Waals surface area contributed by atoms with Crippen LogP contribution in [0.1, 0.15) is 33.6 Å². The van der Waals surface area contributed by atoms with Crippen LogP contribution in [0.15, 0.2) is 29.2 Å². The number of nitrogens with one attached hydrogen (secondary N) is 1. The van der Waals surface area contributed by atoms with Crippen molar-refractivity contribution in [1.82, 2.24) is 0 Å². The second kappa shape index (κ2) is 5.74. The van der Waals surface area contributed by atoms with Gasteiger partial charge < -0.3 is 10.1 Å². The highest BCUT2D eigenvalue weighted by Gasteiger charge is 2.36. The molecular formula is C15H23NO3S. The van der Waals surface area contributed by atoms with E-state index in [1.807, 2.05) is 19.1 Å². The smallest absolute Gasteiger partial charge is 0.178 e. The van der Waals surface area contributed by atoms with Crippen molar-refractivity contribution in [2.45, 2.75) is 50.2 Å². The van der Waals surface area contributed by atoms with Crippen LogP contribution in [0.2, 0.25) is 0 Å². The molecule has 0 amide bonds. The van der Waals surface area contributed by atoms with Crippen LogP contribution in [-0.4, -0.2) is 32.4 Å². The molecule has 0 saturated carbocycles. The lowest BCUT2D eigenvalue weighted by molar-refractivity contribution is 0.105. The lowest BCUT2D eigenvalue weighted by Gasteiger charge is -2.30. The average molecular weight is 297 g/mol. The third-order valence-electron chi connectivity index (χ3n) is 4.00. The third kappa shape index (κ3) is 3.15. The molecule has 0 aliphatic carbocycles. The summed E-state index contributed by atoms with van der Waals surface area (Å²) in [6, 6.07) is 7.02. The molecule has 1 aliphatic rings. The molecule has 4 nitrogen and oxygen atoms in total. The van der Waals surface area contributed by atoms with Crippen LogP contribution in [-0.2, 0) is 14.6 Å². The van der Waals surface area contributed by atoms with Crippen LogP contribution in [0.25, 0.3) is 0 Å². The highest BCUT2D eigenvalue weighted by atomic mass is 32.2. The Morgan fingerprint density at radius 3 is 2.50 bits per heavy atom. The summed E-state index contributed by atoms with van der Waals surface area (Å²) < 4.78 is 29.5. The third-order valence-corrected chi connectivity index (χ3v) is 5.94. The summed E-state index contributed by atoms with van der Waals surface area (Å²) in [5.41, 5.74) is 0.837. The largest absolute Gasteiger partial charge is 0.377 e. The maximum Gasteiger partial charge on any atom is 0.178 e. The Balaban J connectivity index is 2.13. The average Bonchev–Trinajstić information content (AvgIpc) is 2.70. The van der Waals surface area contributed by atoms with Gasteiger partial charge in [-0.3, -0.25) is 0 Å². The molecule has 0 spiro atoms. The highest BCUT2D eigenvalue weighted by Crippen LogP contribution is 2.29. The predicted molar refractivity (Wildman–Crippen MR) is 80.8 cm³/mol. The number of benzene rings is 1. The quantitative estimate of drug-likeness (QED) is 0.908. The number of ether oxygens (including phenoxy) is 1. The fraction of sp³-hybridized carbons (Fsp3) is 0.600. The van der Waals surface area contributed by atoms with Crippen LogP contribution < -0.4 is 5.32 Å². The van der Waals surface area contributed by atoms with E-state index in [0.29, 0.717) is 11.3 Å². The summed E-state index contributed by atoms with van der Waals surface area (Å²) in [7, 11) is -3.13. The van der Waals surface area contributed by atoms with Crippen molar-refractivity contribution in [3.63, 3.8) is 0 Å². The van der Waals surface area contributed by atoms with Crippen LogP contribution in [0.4, 0.5) is 5.69 Å². The fourth-order valence-electron chi connectivity index (χ4n) is 2.46. The molecule has 2 atom stereocenters. The first-order valence-corrected chi connectivity index (χ1v) is 8.75. The zero-order valence-corrected chi connectivity index (χ0v) is 13.2. The molecule has 2 unspecified atom stereocenters. The van der Waals surface area contributed by atoms with E-state index in [4.69, 9.17) is 4.74 Å². The molecule has 0 aromatic heterocycles. The molecule has 0 radical (unpaired) electrons. The first kappa shape index (κ1) is 15.3. The Kier molecular flexibility index (Phi) is 4.39. The maximum atomic E-state index is 12.0. The van der Waals surface area contributed by atoms with Crippen LogP contribution in [0.3, 0.4) is 0 Å². The molecule has 1 aromatic rings. The fourth-order valence-corrected chi connectivity index (χ4v) is 3.78.